The molecule has 0 heterocycles. The Morgan fingerprint density at radius 2 is 0.872 bits per heavy atom. The van der Waals surface area contributed by atoms with Crippen LogP contribution in [0.3, 0.4) is 0 Å². The van der Waals surface area contributed by atoms with Gasteiger partial charge in [-0.1, -0.05) is 68.6 Å². The standard InChI is InChI=1S/C18H24N2P.C12H18.BF4.Ru/c1-5-21(6-2,19-17-11-7-15(3)8-12-17)20-18-13-9-16(4)10-14-18;1-7-8(2)10(4)12(6)11(5)9(7)3;2-1(3,4)5;/h7-14H,5-6H2,1-4H3;1-6H3;;/q-1;;-1;+2. The molecular formula is C30H42BF4N2PRu. The number of hydrogen-bond acceptors (Lipinski definition) is 1. The molecule has 0 unspecified atom stereocenters. The van der Waals surface area contributed by atoms with Crippen LogP contribution in [0.2, 0.25) is 0 Å². The predicted molar refractivity (Wildman–Crippen MR) is 161 cm³/mol. The summed E-state index contributed by atoms with van der Waals surface area (Å²) >= 11 is 0. The first kappa shape index (κ1) is 37.1. The number of hydrogen-bond donors (Lipinski definition) is 0. The van der Waals surface area contributed by atoms with Gasteiger partial charge in [-0.2, -0.15) is 0 Å². The van der Waals surface area contributed by atoms with Gasteiger partial charge < -0.3 is 22.3 Å². The molecule has 2 nitrogen and oxygen atoms in total. The summed E-state index contributed by atoms with van der Waals surface area (Å²) in [7, 11) is -7.68. The van der Waals surface area contributed by atoms with E-state index in [0.29, 0.717) is 0 Å². The maximum absolute atomic E-state index is 9.75. The van der Waals surface area contributed by atoms with E-state index in [0.717, 1.165) is 23.7 Å². The van der Waals surface area contributed by atoms with Crippen molar-refractivity contribution < 1.29 is 36.7 Å². The molecule has 39 heavy (non-hydrogen) atoms. The molecule has 0 aliphatic rings. The van der Waals surface area contributed by atoms with Crippen molar-refractivity contribution in [3.8, 4) is 0 Å². The summed E-state index contributed by atoms with van der Waals surface area (Å²) in [5.74, 6) is 0. The molecule has 3 aromatic rings. The minimum absolute atomic E-state index is 0. The molecular weight excluding hydrogens is 607 g/mol. The summed E-state index contributed by atoms with van der Waals surface area (Å²) in [6.07, 6.45) is 2.01. The third kappa shape index (κ3) is 12.4. The van der Waals surface area contributed by atoms with Crippen LogP contribution in [0.15, 0.2) is 53.3 Å². The second-order valence-corrected chi connectivity index (χ2v) is 13.0. The van der Waals surface area contributed by atoms with Gasteiger partial charge in [-0.3, -0.25) is 4.74 Å². The van der Waals surface area contributed by atoms with E-state index in [4.69, 9.17) is 9.83 Å². The number of aryl methyl sites for hydroxylation is 2. The Morgan fingerprint density at radius 3 is 1.15 bits per heavy atom. The molecule has 0 saturated carbocycles. The first-order chi connectivity index (χ1) is 17.5. The largest absolute Gasteiger partial charge is 2.00 e. The Kier molecular flexibility index (Phi) is 15.6. The number of rotatable bonds is 5. The van der Waals surface area contributed by atoms with Gasteiger partial charge in [0.05, 0.1) is 5.69 Å². The summed E-state index contributed by atoms with van der Waals surface area (Å²) in [4.78, 5) is 0. The number of benzene rings is 3. The molecule has 0 fully saturated rings. The molecule has 0 saturated heterocycles. The molecule has 3 rings (SSSR count). The fraction of sp³-hybridized carbons (Fsp3) is 0.400. The van der Waals surface area contributed by atoms with Crippen LogP contribution in [0.1, 0.15) is 58.4 Å². The molecule has 0 aliphatic heterocycles. The predicted octanol–water partition coefficient (Wildman–Crippen LogP) is 11.6. The van der Waals surface area contributed by atoms with Crippen molar-refractivity contribution in [1.29, 1.82) is 0 Å². The van der Waals surface area contributed by atoms with Crippen molar-refractivity contribution in [2.45, 2.75) is 69.2 Å². The maximum Gasteiger partial charge on any atom is 2.00 e. The number of nitrogens with zero attached hydrogens (tertiary/aromatic N) is 2. The van der Waals surface area contributed by atoms with Crippen molar-refractivity contribution >= 4 is 25.8 Å². The van der Waals surface area contributed by atoms with Gasteiger partial charge in [0.15, 0.2) is 0 Å². The summed E-state index contributed by atoms with van der Waals surface area (Å²) < 4.78 is 44.0. The Hall–Kier alpha value is -1.90. The van der Waals surface area contributed by atoms with Crippen LogP contribution in [-0.4, -0.2) is 19.6 Å². The molecule has 9 heteroatoms. The van der Waals surface area contributed by atoms with Gasteiger partial charge in [-0.25, -0.2) is 0 Å². The zero-order valence-corrected chi connectivity index (χ0v) is 27.4. The SMILES string of the molecule is CCP(CC)(=Nc1ccc(C)cc1)[N-]c1ccc(C)cc1.Cc1c(C)c(C)c(C)c(C)c1C.F[B-](F)(F)F.[Ru+2]. The summed E-state index contributed by atoms with van der Waals surface area (Å²) in [6.45, 7) is 21.9. The quantitative estimate of drug-likeness (QED) is 0.149. The van der Waals surface area contributed by atoms with Gasteiger partial charge in [0.25, 0.3) is 0 Å². The molecule has 3 aromatic carbocycles. The van der Waals surface area contributed by atoms with Crippen molar-refractivity contribution in [3.05, 3.63) is 98.1 Å². The summed E-state index contributed by atoms with van der Waals surface area (Å²) in [5.41, 5.74) is 13.4. The molecule has 0 aromatic heterocycles. The van der Waals surface area contributed by atoms with Crippen molar-refractivity contribution in [2.75, 3.05) is 12.3 Å². The van der Waals surface area contributed by atoms with E-state index < -0.39 is 14.5 Å². The van der Waals surface area contributed by atoms with Gasteiger partial charge in [0.1, 0.15) is 0 Å². The Morgan fingerprint density at radius 1 is 0.590 bits per heavy atom. The molecule has 0 N–H and O–H groups in total. The molecule has 216 valence electrons. The maximum atomic E-state index is 9.75. The van der Waals surface area contributed by atoms with Gasteiger partial charge in [-0.05, 0) is 113 Å². The van der Waals surface area contributed by atoms with E-state index in [1.54, 1.807) is 0 Å². The van der Waals surface area contributed by atoms with E-state index in [9.17, 15) is 17.3 Å². The molecule has 0 spiro atoms. The average molecular weight is 650 g/mol. The van der Waals surface area contributed by atoms with Crippen LogP contribution in [-0.2, 0) is 19.5 Å². The third-order valence-electron chi connectivity index (χ3n) is 7.06. The zero-order valence-electron chi connectivity index (χ0n) is 24.8. The zero-order chi connectivity index (χ0) is 29.3. The van der Waals surface area contributed by atoms with Crippen LogP contribution in [0, 0.1) is 55.4 Å². The molecule has 0 amide bonds. The second kappa shape index (κ2) is 16.4. The van der Waals surface area contributed by atoms with Gasteiger partial charge in [-0.15, -0.1) is 5.69 Å². The fourth-order valence-electron chi connectivity index (χ4n) is 3.87. The monoisotopic (exact) mass is 650 g/mol. The topological polar surface area (TPSA) is 26.5 Å². The van der Waals surface area contributed by atoms with E-state index in [1.807, 2.05) is 0 Å². The average Bonchev–Trinajstić information content (AvgIpc) is 2.87. The van der Waals surface area contributed by atoms with E-state index >= 15 is 0 Å². The summed E-state index contributed by atoms with van der Waals surface area (Å²) in [6, 6.07) is 16.9. The van der Waals surface area contributed by atoms with E-state index in [2.05, 4.69) is 118 Å². The van der Waals surface area contributed by atoms with Gasteiger partial charge in [0.2, 0.25) is 0 Å². The Bertz CT molecular complexity index is 1120. The smallest absolute Gasteiger partial charge is 0.645 e. The van der Waals surface area contributed by atoms with Crippen molar-refractivity contribution in [3.63, 3.8) is 0 Å². The minimum Gasteiger partial charge on any atom is -0.645 e. The summed E-state index contributed by atoms with van der Waals surface area (Å²) in [5, 5.41) is 5.03. The van der Waals surface area contributed by atoms with Gasteiger partial charge in [0, 0.05) is 0 Å². The van der Waals surface area contributed by atoms with Crippen LogP contribution in [0.25, 0.3) is 5.09 Å². The molecule has 0 atom stereocenters. The molecule has 0 radical (unpaired) electrons. The fourth-order valence-corrected chi connectivity index (χ4v) is 6.05. The minimum atomic E-state index is -6.00. The molecule has 0 bridgehead atoms. The first-order valence-electron chi connectivity index (χ1n) is 12.9. The van der Waals surface area contributed by atoms with Crippen molar-refractivity contribution in [1.82, 2.24) is 0 Å². The van der Waals surface area contributed by atoms with E-state index in [-0.39, 0.29) is 19.5 Å². The number of halogens is 4. The van der Waals surface area contributed by atoms with Crippen LogP contribution < -0.4 is 0 Å². The Balaban J connectivity index is 0.000000678. The third-order valence-corrected chi connectivity index (χ3v) is 10.3. The normalized spacial score (nSPS) is 10.8. The van der Waals surface area contributed by atoms with Crippen LogP contribution in [0.5, 0.6) is 0 Å². The van der Waals surface area contributed by atoms with E-state index in [1.165, 1.54) is 44.5 Å². The van der Waals surface area contributed by atoms with Crippen LogP contribution >= 0.6 is 7.21 Å². The van der Waals surface area contributed by atoms with Gasteiger partial charge >= 0.3 is 26.7 Å². The van der Waals surface area contributed by atoms with Crippen molar-refractivity contribution in [2.24, 2.45) is 4.74 Å². The Labute approximate surface area is 246 Å². The molecule has 0 aliphatic carbocycles. The second-order valence-electron chi connectivity index (χ2n) is 9.63. The van der Waals surface area contributed by atoms with Crippen LogP contribution in [0.4, 0.5) is 28.6 Å². The first-order valence-corrected chi connectivity index (χ1v) is 15.0.